The van der Waals surface area contributed by atoms with Gasteiger partial charge in [0.1, 0.15) is 12.6 Å². The zero-order chi connectivity index (χ0) is 27.5. The molecular weight excluding hydrogens is 532 g/mol. The number of halogens is 1. The molecular formula is C30H29ClN4O3S. The molecule has 0 fully saturated rings. The number of fused-ring (bicyclic) bond motifs is 1. The molecule has 1 N–H and O–H groups in total. The van der Waals surface area contributed by atoms with Gasteiger partial charge in [-0.25, -0.2) is 4.68 Å². The molecule has 1 aromatic heterocycles. The Morgan fingerprint density at radius 3 is 2.51 bits per heavy atom. The molecule has 0 saturated heterocycles. The van der Waals surface area contributed by atoms with Crippen molar-refractivity contribution in [2.45, 2.75) is 44.3 Å². The Bertz CT molecular complexity index is 1570. The van der Waals surface area contributed by atoms with Gasteiger partial charge in [-0.15, -0.1) is 5.10 Å². The largest absolute Gasteiger partial charge is 0.493 e. The number of benzene rings is 3. The maximum atomic E-state index is 12.8. The SMILES string of the molecule is COc1cc(C2C(C(C)=O)=C(C)Nc3nc(SCc4ccccc4Cl)nn32)ccc1OCc1ccccc1C. The minimum absolute atomic E-state index is 0.0460. The second kappa shape index (κ2) is 11.6. The number of carbonyl (C=O) groups is 1. The molecule has 5 rings (SSSR count). The summed E-state index contributed by atoms with van der Waals surface area (Å²) in [5, 5.41) is 9.34. The van der Waals surface area contributed by atoms with Gasteiger partial charge < -0.3 is 14.8 Å². The monoisotopic (exact) mass is 560 g/mol. The highest BCUT2D eigenvalue weighted by molar-refractivity contribution is 7.98. The van der Waals surface area contributed by atoms with Crippen molar-refractivity contribution in [2.24, 2.45) is 0 Å². The molecule has 39 heavy (non-hydrogen) atoms. The van der Waals surface area contributed by atoms with Crippen LogP contribution in [0.1, 0.15) is 42.1 Å². The normalized spacial score (nSPS) is 14.5. The summed E-state index contributed by atoms with van der Waals surface area (Å²) in [6, 6.07) is 21.1. The third kappa shape index (κ3) is 5.67. The van der Waals surface area contributed by atoms with E-state index in [0.717, 1.165) is 28.0 Å². The molecule has 1 aliphatic heterocycles. The first-order valence-corrected chi connectivity index (χ1v) is 13.9. The number of ketones is 1. The third-order valence-electron chi connectivity index (χ3n) is 6.67. The van der Waals surface area contributed by atoms with Crippen LogP contribution in [0.25, 0.3) is 0 Å². The van der Waals surface area contributed by atoms with Gasteiger partial charge in [-0.3, -0.25) is 4.79 Å². The van der Waals surface area contributed by atoms with Gasteiger partial charge in [0, 0.05) is 22.0 Å². The predicted octanol–water partition coefficient (Wildman–Crippen LogP) is 7.00. The van der Waals surface area contributed by atoms with Crippen molar-refractivity contribution >= 4 is 35.1 Å². The number of nitrogens with one attached hydrogen (secondary N) is 1. The highest BCUT2D eigenvalue weighted by Gasteiger charge is 2.33. The zero-order valence-electron chi connectivity index (χ0n) is 22.2. The first kappa shape index (κ1) is 26.8. The van der Waals surface area contributed by atoms with Gasteiger partial charge in [-0.1, -0.05) is 71.9 Å². The number of methoxy groups -OCH3 is 1. The smallest absolute Gasteiger partial charge is 0.227 e. The van der Waals surface area contributed by atoms with Crippen LogP contribution in [0, 0.1) is 6.92 Å². The highest BCUT2D eigenvalue weighted by Crippen LogP contribution is 2.40. The van der Waals surface area contributed by atoms with Crippen LogP contribution in [0.15, 0.2) is 83.2 Å². The van der Waals surface area contributed by atoms with E-state index < -0.39 is 6.04 Å². The lowest BCUT2D eigenvalue weighted by molar-refractivity contribution is -0.114. The molecule has 1 aliphatic rings. The van der Waals surface area contributed by atoms with Crippen molar-refractivity contribution in [3.05, 3.63) is 105 Å². The fourth-order valence-electron chi connectivity index (χ4n) is 4.62. The van der Waals surface area contributed by atoms with Gasteiger partial charge in [0.15, 0.2) is 17.3 Å². The van der Waals surface area contributed by atoms with Crippen LogP contribution in [-0.4, -0.2) is 27.7 Å². The molecule has 2 heterocycles. The lowest BCUT2D eigenvalue weighted by Crippen LogP contribution is -2.27. The number of Topliss-reactive ketones (excluding diaryl/α,β-unsaturated/α-hetero) is 1. The molecule has 0 radical (unpaired) electrons. The van der Waals surface area contributed by atoms with Gasteiger partial charge in [0.05, 0.1) is 7.11 Å². The Balaban J connectivity index is 1.45. The van der Waals surface area contributed by atoms with E-state index in [0.29, 0.717) is 45.6 Å². The summed E-state index contributed by atoms with van der Waals surface area (Å²) in [7, 11) is 1.61. The van der Waals surface area contributed by atoms with Crippen LogP contribution in [0.4, 0.5) is 5.95 Å². The first-order valence-electron chi connectivity index (χ1n) is 12.5. The van der Waals surface area contributed by atoms with E-state index in [4.69, 9.17) is 31.2 Å². The summed E-state index contributed by atoms with van der Waals surface area (Å²) in [5.41, 5.74) is 5.48. The van der Waals surface area contributed by atoms with Crippen molar-refractivity contribution in [1.82, 2.24) is 14.8 Å². The Labute approximate surface area is 237 Å². The molecule has 1 atom stereocenters. The topological polar surface area (TPSA) is 78.3 Å². The average molecular weight is 561 g/mol. The van der Waals surface area contributed by atoms with Crippen molar-refractivity contribution in [3.63, 3.8) is 0 Å². The molecule has 0 aliphatic carbocycles. The summed E-state index contributed by atoms with van der Waals surface area (Å²) in [4.78, 5) is 17.5. The van der Waals surface area contributed by atoms with E-state index >= 15 is 0 Å². The number of thioether (sulfide) groups is 1. The Morgan fingerprint density at radius 2 is 1.79 bits per heavy atom. The molecule has 9 heteroatoms. The number of nitrogens with zero attached hydrogens (tertiary/aromatic N) is 3. The molecule has 0 amide bonds. The van der Waals surface area contributed by atoms with Gasteiger partial charge in [-0.2, -0.15) is 4.98 Å². The van der Waals surface area contributed by atoms with Gasteiger partial charge in [0.2, 0.25) is 11.1 Å². The Kier molecular flexibility index (Phi) is 7.95. The number of aromatic nitrogens is 3. The molecule has 0 spiro atoms. The van der Waals surface area contributed by atoms with Crippen molar-refractivity contribution in [1.29, 1.82) is 0 Å². The van der Waals surface area contributed by atoms with Crippen LogP contribution >= 0.6 is 23.4 Å². The summed E-state index contributed by atoms with van der Waals surface area (Å²) in [6.07, 6.45) is 0. The number of allylic oxidation sites excluding steroid dienone is 2. The fraction of sp³-hybridized carbons (Fsp3) is 0.233. The van der Waals surface area contributed by atoms with E-state index in [-0.39, 0.29) is 5.78 Å². The number of hydrogen-bond acceptors (Lipinski definition) is 7. The molecule has 4 aromatic rings. The predicted molar refractivity (Wildman–Crippen MR) is 155 cm³/mol. The summed E-state index contributed by atoms with van der Waals surface area (Å²) < 4.78 is 13.6. The minimum Gasteiger partial charge on any atom is -0.493 e. The van der Waals surface area contributed by atoms with Gasteiger partial charge in [0.25, 0.3) is 0 Å². The lowest BCUT2D eigenvalue weighted by atomic mass is 9.93. The molecule has 1 unspecified atom stereocenters. The maximum absolute atomic E-state index is 12.8. The van der Waals surface area contributed by atoms with Crippen LogP contribution in [0.3, 0.4) is 0 Å². The van der Waals surface area contributed by atoms with Crippen molar-refractivity contribution in [2.75, 3.05) is 12.4 Å². The standard InChI is InChI=1S/C30H29ClN4O3S/c1-18-9-5-6-10-22(18)16-38-25-14-13-21(15-26(25)37-4)28-27(20(3)36)19(2)32-29-33-30(34-35(28)29)39-17-23-11-7-8-12-24(23)31/h5-15,28H,16-17H2,1-4H3,(H,32,33,34). The Hall–Kier alpha value is -3.75. The van der Waals surface area contributed by atoms with Crippen molar-refractivity contribution in [3.8, 4) is 11.5 Å². The highest BCUT2D eigenvalue weighted by atomic mass is 35.5. The van der Waals surface area contributed by atoms with E-state index in [9.17, 15) is 4.79 Å². The number of rotatable bonds is 9. The number of aryl methyl sites for hydroxylation is 1. The fourth-order valence-corrected chi connectivity index (χ4v) is 5.73. The van der Waals surface area contributed by atoms with Gasteiger partial charge >= 0.3 is 0 Å². The van der Waals surface area contributed by atoms with E-state index in [1.807, 2.05) is 67.6 Å². The molecule has 0 saturated carbocycles. The molecule has 3 aromatic carbocycles. The number of carbonyl (C=O) groups excluding carboxylic acids is 1. The van der Waals surface area contributed by atoms with Gasteiger partial charge in [-0.05, 0) is 61.2 Å². The van der Waals surface area contributed by atoms with Crippen LogP contribution in [-0.2, 0) is 17.2 Å². The minimum atomic E-state index is -0.472. The number of anilines is 1. The third-order valence-corrected chi connectivity index (χ3v) is 7.93. The average Bonchev–Trinajstić information content (AvgIpc) is 3.33. The second-order valence-corrected chi connectivity index (χ2v) is 10.6. The van der Waals surface area contributed by atoms with E-state index in [2.05, 4.69) is 18.3 Å². The van der Waals surface area contributed by atoms with Crippen molar-refractivity contribution < 1.29 is 14.3 Å². The molecule has 0 bridgehead atoms. The number of ether oxygens (including phenoxy) is 2. The molecule has 7 nitrogen and oxygen atoms in total. The van der Waals surface area contributed by atoms with E-state index in [1.54, 1.807) is 18.7 Å². The summed E-state index contributed by atoms with van der Waals surface area (Å²) in [5.74, 6) is 2.35. The van der Waals surface area contributed by atoms with Crippen LogP contribution in [0.5, 0.6) is 11.5 Å². The first-order chi connectivity index (χ1) is 18.9. The maximum Gasteiger partial charge on any atom is 0.227 e. The van der Waals surface area contributed by atoms with E-state index in [1.165, 1.54) is 11.8 Å². The Morgan fingerprint density at radius 1 is 1.05 bits per heavy atom. The lowest BCUT2D eigenvalue weighted by Gasteiger charge is -2.28. The van der Waals surface area contributed by atoms with Crippen LogP contribution < -0.4 is 14.8 Å². The second-order valence-electron chi connectivity index (χ2n) is 9.29. The summed E-state index contributed by atoms with van der Waals surface area (Å²) >= 11 is 7.83. The molecule has 200 valence electrons. The summed E-state index contributed by atoms with van der Waals surface area (Å²) in [6.45, 7) is 5.94. The van der Waals surface area contributed by atoms with Crippen LogP contribution in [0.2, 0.25) is 5.02 Å². The quantitative estimate of drug-likeness (QED) is 0.221. The zero-order valence-corrected chi connectivity index (χ0v) is 23.8. The number of hydrogen-bond donors (Lipinski definition) is 1.